The smallest absolute Gasteiger partial charge is 0.223 e. The number of benzene rings is 1. The molecule has 1 aromatic carbocycles. The standard InChI is InChI=1S/C19H27NO3S/c1-19(2,3)17-5-4-15-6-8-20(12-16(15)11-17)18(21)10-14-7-9-24(22,23)13-14/h4-5,11,14H,6-10,12-13H2,1-3H3/t14-/m1/s1. The molecule has 5 heteroatoms. The van der Waals surface area contributed by atoms with Crippen LogP contribution in [-0.2, 0) is 33.0 Å². The van der Waals surface area contributed by atoms with Crippen molar-refractivity contribution in [3.8, 4) is 0 Å². The molecule has 132 valence electrons. The van der Waals surface area contributed by atoms with E-state index in [1.807, 2.05) is 4.90 Å². The van der Waals surface area contributed by atoms with Crippen molar-refractivity contribution in [1.29, 1.82) is 0 Å². The molecule has 24 heavy (non-hydrogen) atoms. The third-order valence-corrected chi connectivity index (χ3v) is 7.06. The van der Waals surface area contributed by atoms with E-state index in [0.29, 0.717) is 19.4 Å². The maximum atomic E-state index is 12.6. The van der Waals surface area contributed by atoms with E-state index in [4.69, 9.17) is 0 Å². The fourth-order valence-corrected chi connectivity index (χ4v) is 5.51. The van der Waals surface area contributed by atoms with Gasteiger partial charge in [0.25, 0.3) is 0 Å². The van der Waals surface area contributed by atoms with Crippen molar-refractivity contribution in [2.45, 2.75) is 52.0 Å². The van der Waals surface area contributed by atoms with E-state index in [0.717, 1.165) is 13.0 Å². The number of rotatable bonds is 2. The van der Waals surface area contributed by atoms with Crippen molar-refractivity contribution >= 4 is 15.7 Å². The van der Waals surface area contributed by atoms with E-state index in [1.165, 1.54) is 16.7 Å². The molecular formula is C19H27NO3S. The molecular weight excluding hydrogens is 322 g/mol. The number of amides is 1. The average Bonchev–Trinajstić information content (AvgIpc) is 2.84. The Labute approximate surface area is 145 Å². The second-order valence-electron chi connectivity index (χ2n) is 8.27. The summed E-state index contributed by atoms with van der Waals surface area (Å²) in [7, 11) is -2.91. The highest BCUT2D eigenvalue weighted by Crippen LogP contribution is 2.29. The summed E-state index contributed by atoms with van der Waals surface area (Å²) in [5, 5.41) is 0. The van der Waals surface area contributed by atoms with Crippen LogP contribution in [-0.4, -0.2) is 37.3 Å². The Morgan fingerprint density at radius 1 is 1.25 bits per heavy atom. The summed E-state index contributed by atoms with van der Waals surface area (Å²) in [4.78, 5) is 14.5. The van der Waals surface area contributed by atoms with Gasteiger partial charge in [-0.25, -0.2) is 8.42 Å². The van der Waals surface area contributed by atoms with E-state index in [2.05, 4.69) is 39.0 Å². The van der Waals surface area contributed by atoms with E-state index >= 15 is 0 Å². The molecule has 1 saturated heterocycles. The summed E-state index contributed by atoms with van der Waals surface area (Å²) in [6.45, 7) is 7.97. The van der Waals surface area contributed by atoms with Crippen LogP contribution in [0.5, 0.6) is 0 Å². The number of carbonyl (C=O) groups excluding carboxylic acids is 1. The largest absolute Gasteiger partial charge is 0.338 e. The summed E-state index contributed by atoms with van der Waals surface area (Å²) in [5.74, 6) is 0.522. The van der Waals surface area contributed by atoms with E-state index in [9.17, 15) is 13.2 Å². The summed E-state index contributed by atoms with van der Waals surface area (Å²) >= 11 is 0. The molecule has 1 aromatic rings. The Morgan fingerprint density at radius 2 is 2.00 bits per heavy atom. The van der Waals surface area contributed by atoms with Gasteiger partial charge in [0, 0.05) is 19.5 Å². The predicted octanol–water partition coefficient (Wildman–Crippen LogP) is 2.69. The molecule has 0 aliphatic carbocycles. The summed E-state index contributed by atoms with van der Waals surface area (Å²) in [6, 6.07) is 6.62. The van der Waals surface area contributed by atoms with Crippen LogP contribution >= 0.6 is 0 Å². The zero-order valence-electron chi connectivity index (χ0n) is 14.8. The lowest BCUT2D eigenvalue weighted by Gasteiger charge is -2.31. The van der Waals surface area contributed by atoms with Crippen molar-refractivity contribution < 1.29 is 13.2 Å². The summed E-state index contributed by atoms with van der Waals surface area (Å²) < 4.78 is 23.1. The molecule has 0 unspecified atom stereocenters. The molecule has 1 atom stereocenters. The lowest BCUT2D eigenvalue weighted by molar-refractivity contribution is -0.132. The first-order valence-electron chi connectivity index (χ1n) is 8.74. The Hall–Kier alpha value is -1.36. The van der Waals surface area contributed by atoms with Gasteiger partial charge in [0.15, 0.2) is 9.84 Å². The lowest BCUT2D eigenvalue weighted by atomic mass is 9.84. The highest BCUT2D eigenvalue weighted by atomic mass is 32.2. The Balaban J connectivity index is 1.69. The molecule has 1 amide bonds. The fraction of sp³-hybridized carbons (Fsp3) is 0.632. The normalized spacial score (nSPS) is 23.1. The molecule has 1 fully saturated rings. The molecule has 0 spiro atoms. The number of hydrogen-bond donors (Lipinski definition) is 0. The second kappa shape index (κ2) is 6.17. The molecule has 2 aliphatic rings. The second-order valence-corrected chi connectivity index (χ2v) is 10.5. The SMILES string of the molecule is CC(C)(C)c1ccc2c(c1)CN(C(=O)C[C@H]1CCS(=O)(=O)C1)CC2. The average molecular weight is 349 g/mol. The highest BCUT2D eigenvalue weighted by Gasteiger charge is 2.31. The molecule has 0 N–H and O–H groups in total. The third-order valence-electron chi connectivity index (χ3n) is 5.23. The van der Waals surface area contributed by atoms with Gasteiger partial charge in [0.1, 0.15) is 0 Å². The lowest BCUT2D eigenvalue weighted by Crippen LogP contribution is -2.37. The minimum absolute atomic E-state index is 0.00445. The van der Waals surface area contributed by atoms with Gasteiger partial charge < -0.3 is 4.90 Å². The summed E-state index contributed by atoms with van der Waals surface area (Å²) in [5.41, 5.74) is 3.95. The molecule has 0 bridgehead atoms. The molecule has 4 nitrogen and oxygen atoms in total. The van der Waals surface area contributed by atoms with E-state index in [1.54, 1.807) is 0 Å². The van der Waals surface area contributed by atoms with Crippen LogP contribution in [0, 0.1) is 5.92 Å². The van der Waals surface area contributed by atoms with Crippen molar-refractivity contribution in [2.24, 2.45) is 5.92 Å². The highest BCUT2D eigenvalue weighted by molar-refractivity contribution is 7.91. The Kier molecular flexibility index (Phi) is 4.49. The van der Waals surface area contributed by atoms with Gasteiger partial charge in [0.05, 0.1) is 11.5 Å². The first-order valence-corrected chi connectivity index (χ1v) is 10.6. The monoisotopic (exact) mass is 349 g/mol. The predicted molar refractivity (Wildman–Crippen MR) is 95.6 cm³/mol. The maximum absolute atomic E-state index is 12.6. The van der Waals surface area contributed by atoms with Crippen molar-refractivity contribution in [1.82, 2.24) is 4.90 Å². The Morgan fingerprint density at radius 3 is 2.62 bits per heavy atom. The van der Waals surface area contributed by atoms with Gasteiger partial charge in [-0.2, -0.15) is 0 Å². The minimum Gasteiger partial charge on any atom is -0.338 e. The van der Waals surface area contributed by atoms with Crippen LogP contribution in [0.15, 0.2) is 18.2 Å². The summed E-state index contributed by atoms with van der Waals surface area (Å²) in [6.07, 6.45) is 1.88. The van der Waals surface area contributed by atoms with Crippen molar-refractivity contribution in [3.05, 3.63) is 34.9 Å². The third kappa shape index (κ3) is 3.82. The van der Waals surface area contributed by atoms with Gasteiger partial charge in [-0.3, -0.25) is 4.79 Å². The molecule has 2 heterocycles. The first kappa shape index (κ1) is 17.5. The van der Waals surface area contributed by atoms with Crippen LogP contribution in [0.4, 0.5) is 0 Å². The van der Waals surface area contributed by atoms with Gasteiger partial charge in [0.2, 0.25) is 5.91 Å². The van der Waals surface area contributed by atoms with Gasteiger partial charge in [-0.05, 0) is 40.9 Å². The fourth-order valence-electron chi connectivity index (χ4n) is 3.65. The molecule has 3 rings (SSSR count). The number of nitrogens with zero attached hydrogens (tertiary/aromatic N) is 1. The van der Waals surface area contributed by atoms with Gasteiger partial charge >= 0.3 is 0 Å². The first-order chi connectivity index (χ1) is 11.1. The van der Waals surface area contributed by atoms with Crippen LogP contribution in [0.3, 0.4) is 0 Å². The maximum Gasteiger partial charge on any atom is 0.223 e. The van der Waals surface area contributed by atoms with Crippen LogP contribution in [0.25, 0.3) is 0 Å². The van der Waals surface area contributed by atoms with Crippen LogP contribution in [0.1, 0.15) is 50.3 Å². The number of sulfone groups is 1. The molecule has 2 aliphatic heterocycles. The number of hydrogen-bond acceptors (Lipinski definition) is 3. The zero-order chi connectivity index (χ0) is 17.5. The van der Waals surface area contributed by atoms with E-state index in [-0.39, 0.29) is 28.7 Å². The molecule has 0 saturated carbocycles. The minimum atomic E-state index is -2.91. The van der Waals surface area contributed by atoms with Gasteiger partial charge in [-0.15, -0.1) is 0 Å². The Bertz CT molecular complexity index is 746. The molecule has 0 radical (unpaired) electrons. The number of carbonyl (C=O) groups is 1. The van der Waals surface area contributed by atoms with Crippen molar-refractivity contribution in [3.63, 3.8) is 0 Å². The zero-order valence-corrected chi connectivity index (χ0v) is 15.7. The quantitative estimate of drug-likeness (QED) is 0.825. The van der Waals surface area contributed by atoms with Gasteiger partial charge in [-0.1, -0.05) is 39.0 Å². The topological polar surface area (TPSA) is 54.5 Å². The van der Waals surface area contributed by atoms with E-state index < -0.39 is 9.84 Å². The van der Waals surface area contributed by atoms with Crippen molar-refractivity contribution in [2.75, 3.05) is 18.1 Å². The van der Waals surface area contributed by atoms with Crippen LogP contribution in [0.2, 0.25) is 0 Å². The van der Waals surface area contributed by atoms with Crippen LogP contribution < -0.4 is 0 Å². The molecule has 0 aromatic heterocycles. The number of fused-ring (bicyclic) bond motifs is 1.